The third-order valence-electron chi connectivity index (χ3n) is 2.35. The molecule has 0 spiro atoms. The second-order valence-electron chi connectivity index (χ2n) is 3.83. The van der Waals surface area contributed by atoms with Crippen LogP contribution < -0.4 is 0 Å². The molecule has 0 atom stereocenters. The number of nitriles is 1. The standard InChI is InChI=1S/C12H7N3O4S2/c13-5-7-3-9(1-2-10(7)15(18)19)21-12-14-8(6-20-12)4-11(16)17/h1-3,6H,4H2,(H,16,17). The highest BCUT2D eigenvalue weighted by atomic mass is 32.2. The molecular formula is C12H7N3O4S2. The van der Waals surface area contributed by atoms with Gasteiger partial charge in [0, 0.05) is 16.3 Å². The molecule has 0 aliphatic heterocycles. The van der Waals surface area contributed by atoms with Crippen molar-refractivity contribution in [1.29, 1.82) is 5.26 Å². The molecule has 7 nitrogen and oxygen atoms in total. The lowest BCUT2D eigenvalue weighted by Gasteiger charge is -1.99. The molecule has 0 fully saturated rings. The van der Waals surface area contributed by atoms with Gasteiger partial charge in [-0.1, -0.05) is 11.8 Å². The number of carboxylic acids is 1. The molecule has 0 aliphatic carbocycles. The van der Waals surface area contributed by atoms with Gasteiger partial charge in [0.2, 0.25) is 0 Å². The van der Waals surface area contributed by atoms with Crippen molar-refractivity contribution >= 4 is 34.8 Å². The Kier molecular flexibility index (Phi) is 4.52. The van der Waals surface area contributed by atoms with Crippen molar-refractivity contribution < 1.29 is 14.8 Å². The Morgan fingerprint density at radius 2 is 2.33 bits per heavy atom. The Hall–Kier alpha value is -2.44. The summed E-state index contributed by atoms with van der Waals surface area (Å²) in [5.41, 5.74) is 0.192. The van der Waals surface area contributed by atoms with Crippen LogP contribution in [0.4, 0.5) is 5.69 Å². The van der Waals surface area contributed by atoms with E-state index in [-0.39, 0.29) is 17.7 Å². The smallest absolute Gasteiger partial charge is 0.309 e. The van der Waals surface area contributed by atoms with E-state index < -0.39 is 10.9 Å². The average molecular weight is 321 g/mol. The van der Waals surface area contributed by atoms with Crippen molar-refractivity contribution in [2.75, 3.05) is 0 Å². The van der Waals surface area contributed by atoms with Crippen LogP contribution in [0.3, 0.4) is 0 Å². The number of rotatable bonds is 5. The van der Waals surface area contributed by atoms with Gasteiger partial charge in [0.15, 0.2) is 4.34 Å². The van der Waals surface area contributed by atoms with Crippen LogP contribution in [0.2, 0.25) is 0 Å². The van der Waals surface area contributed by atoms with Gasteiger partial charge in [0.25, 0.3) is 5.69 Å². The summed E-state index contributed by atoms with van der Waals surface area (Å²) >= 11 is 2.51. The first kappa shape index (κ1) is 15.0. The zero-order valence-electron chi connectivity index (χ0n) is 10.3. The molecule has 21 heavy (non-hydrogen) atoms. The van der Waals surface area contributed by atoms with E-state index in [4.69, 9.17) is 10.4 Å². The van der Waals surface area contributed by atoms with Gasteiger partial charge in [0.05, 0.1) is 17.0 Å². The molecule has 1 N–H and O–H groups in total. The normalized spacial score (nSPS) is 10.0. The van der Waals surface area contributed by atoms with Gasteiger partial charge in [-0.15, -0.1) is 11.3 Å². The molecule has 0 saturated heterocycles. The van der Waals surface area contributed by atoms with Gasteiger partial charge >= 0.3 is 5.97 Å². The summed E-state index contributed by atoms with van der Waals surface area (Å²) in [6.45, 7) is 0. The predicted octanol–water partition coefficient (Wildman–Crippen LogP) is 2.70. The van der Waals surface area contributed by atoms with Gasteiger partial charge in [-0.3, -0.25) is 14.9 Å². The van der Waals surface area contributed by atoms with Crippen LogP contribution in [0.15, 0.2) is 32.8 Å². The van der Waals surface area contributed by atoms with E-state index in [2.05, 4.69) is 4.98 Å². The van der Waals surface area contributed by atoms with Crippen LogP contribution >= 0.6 is 23.1 Å². The van der Waals surface area contributed by atoms with E-state index in [0.717, 1.165) is 0 Å². The first-order valence-electron chi connectivity index (χ1n) is 5.52. The number of nitrogens with zero attached hydrogens (tertiary/aromatic N) is 3. The van der Waals surface area contributed by atoms with Gasteiger partial charge < -0.3 is 5.11 Å². The number of thiazole rings is 1. The summed E-state index contributed by atoms with van der Waals surface area (Å²) in [5.74, 6) is -0.959. The Balaban J connectivity index is 2.20. The fourth-order valence-electron chi connectivity index (χ4n) is 1.50. The fourth-order valence-corrected chi connectivity index (χ4v) is 3.35. The fraction of sp³-hybridized carbons (Fsp3) is 0.0833. The molecule has 1 aromatic carbocycles. The van der Waals surface area contributed by atoms with E-state index in [0.29, 0.717) is 14.9 Å². The number of aliphatic carboxylic acids is 1. The van der Waals surface area contributed by atoms with Crippen LogP contribution in [0, 0.1) is 21.4 Å². The van der Waals surface area contributed by atoms with Gasteiger partial charge in [-0.25, -0.2) is 4.98 Å². The molecule has 2 aromatic rings. The zero-order valence-corrected chi connectivity index (χ0v) is 12.0. The molecule has 0 saturated carbocycles. The van der Waals surface area contributed by atoms with Crippen molar-refractivity contribution in [3.63, 3.8) is 0 Å². The molecule has 0 aliphatic rings. The minimum Gasteiger partial charge on any atom is -0.481 e. The molecule has 0 amide bonds. The molecule has 0 bridgehead atoms. The monoisotopic (exact) mass is 321 g/mol. The van der Waals surface area contributed by atoms with Crippen molar-refractivity contribution in [2.45, 2.75) is 15.7 Å². The van der Waals surface area contributed by atoms with E-state index >= 15 is 0 Å². The van der Waals surface area contributed by atoms with Crippen molar-refractivity contribution in [3.8, 4) is 6.07 Å². The topological polar surface area (TPSA) is 117 Å². The molecule has 9 heteroatoms. The number of nitro groups is 1. The Bertz CT molecular complexity index is 751. The number of hydrogen-bond donors (Lipinski definition) is 1. The van der Waals surface area contributed by atoms with E-state index in [1.807, 2.05) is 0 Å². The first-order valence-corrected chi connectivity index (χ1v) is 7.22. The van der Waals surface area contributed by atoms with Gasteiger partial charge in [-0.2, -0.15) is 5.26 Å². The minimum atomic E-state index is -0.959. The highest BCUT2D eigenvalue weighted by molar-refractivity contribution is 8.01. The quantitative estimate of drug-likeness (QED) is 0.664. The number of carbonyl (C=O) groups is 1. The third-order valence-corrected chi connectivity index (χ3v) is 4.33. The summed E-state index contributed by atoms with van der Waals surface area (Å²) in [7, 11) is 0. The van der Waals surface area contributed by atoms with Crippen LogP contribution in [-0.4, -0.2) is 21.0 Å². The van der Waals surface area contributed by atoms with E-state index in [1.54, 1.807) is 11.4 Å². The van der Waals surface area contributed by atoms with Crippen molar-refractivity contribution in [3.05, 3.63) is 45.0 Å². The van der Waals surface area contributed by atoms with Crippen molar-refractivity contribution in [1.82, 2.24) is 4.98 Å². The second kappa shape index (κ2) is 6.34. The first-order chi connectivity index (χ1) is 9.99. The molecule has 2 rings (SSSR count). The van der Waals surface area contributed by atoms with E-state index in [1.165, 1.54) is 41.3 Å². The second-order valence-corrected chi connectivity index (χ2v) is 6.00. The number of nitro benzene ring substituents is 1. The molecule has 1 aromatic heterocycles. The molecule has 1 heterocycles. The van der Waals surface area contributed by atoms with E-state index in [9.17, 15) is 14.9 Å². The highest BCUT2D eigenvalue weighted by Crippen LogP contribution is 2.33. The molecule has 0 radical (unpaired) electrons. The maximum atomic E-state index is 10.7. The minimum absolute atomic E-state index is 0.0210. The maximum absolute atomic E-state index is 10.7. The molecular weight excluding hydrogens is 314 g/mol. The molecule has 106 valence electrons. The predicted molar refractivity (Wildman–Crippen MR) is 75.4 cm³/mol. The van der Waals surface area contributed by atoms with Crippen LogP contribution in [-0.2, 0) is 11.2 Å². The number of aromatic nitrogens is 1. The van der Waals surface area contributed by atoms with Crippen LogP contribution in [0.5, 0.6) is 0 Å². The highest BCUT2D eigenvalue weighted by Gasteiger charge is 2.15. The largest absolute Gasteiger partial charge is 0.481 e. The lowest BCUT2D eigenvalue weighted by atomic mass is 10.2. The Morgan fingerprint density at radius 3 is 2.95 bits per heavy atom. The summed E-state index contributed by atoms with van der Waals surface area (Å²) in [6.07, 6.45) is -0.152. The van der Waals surface area contributed by atoms with Gasteiger partial charge in [-0.05, 0) is 12.1 Å². The number of benzene rings is 1. The van der Waals surface area contributed by atoms with Crippen molar-refractivity contribution in [2.24, 2.45) is 0 Å². The molecule has 0 unspecified atom stereocenters. The summed E-state index contributed by atoms with van der Waals surface area (Å²) in [6, 6.07) is 6.00. The summed E-state index contributed by atoms with van der Waals surface area (Å²) in [4.78, 5) is 25.5. The lowest BCUT2D eigenvalue weighted by molar-refractivity contribution is -0.385. The summed E-state index contributed by atoms with van der Waals surface area (Å²) < 4.78 is 0.615. The lowest BCUT2D eigenvalue weighted by Crippen LogP contribution is -1.99. The number of hydrogen-bond acceptors (Lipinski definition) is 7. The van der Waals surface area contributed by atoms with Crippen LogP contribution in [0.25, 0.3) is 0 Å². The Labute approximate surface area is 127 Å². The third kappa shape index (κ3) is 3.77. The SMILES string of the molecule is N#Cc1cc(Sc2nc(CC(=O)O)cs2)ccc1[N+](=O)[O-]. The Morgan fingerprint density at radius 1 is 1.57 bits per heavy atom. The zero-order chi connectivity index (χ0) is 15.4. The number of carboxylic acid groups (broad SMARTS) is 1. The maximum Gasteiger partial charge on any atom is 0.309 e. The van der Waals surface area contributed by atoms with Gasteiger partial charge in [0.1, 0.15) is 11.6 Å². The summed E-state index contributed by atoms with van der Waals surface area (Å²) in [5, 5.41) is 30.0. The van der Waals surface area contributed by atoms with Crippen LogP contribution in [0.1, 0.15) is 11.3 Å². The average Bonchev–Trinajstić information content (AvgIpc) is 2.84.